The third-order valence-corrected chi connectivity index (χ3v) is 5.75. The first-order chi connectivity index (χ1) is 9.78. The zero-order valence-corrected chi connectivity index (χ0v) is 13.9. The largest absolute Gasteiger partial charge is 0.416 e. The predicted molar refractivity (Wildman–Crippen MR) is 84.7 cm³/mol. The molecule has 1 rings (SSSR count). The summed E-state index contributed by atoms with van der Waals surface area (Å²) in [5.41, 5.74) is 0.0859. The second kappa shape index (κ2) is 7.54. The maximum Gasteiger partial charge on any atom is 0.416 e. The van der Waals surface area contributed by atoms with E-state index in [-0.39, 0.29) is 10.8 Å². The van der Waals surface area contributed by atoms with E-state index in [4.69, 9.17) is 0 Å². The van der Waals surface area contributed by atoms with Crippen molar-refractivity contribution in [3.8, 4) is 0 Å². The molecule has 1 unspecified atom stereocenters. The van der Waals surface area contributed by atoms with Gasteiger partial charge in [0.05, 0.1) is 5.56 Å². The third-order valence-electron chi connectivity index (χ3n) is 4.17. The molecule has 21 heavy (non-hydrogen) atoms. The summed E-state index contributed by atoms with van der Waals surface area (Å²) >= 11 is 1.82. The normalized spacial score (nSPS) is 14.2. The fraction of sp³-hybridized carbons (Fsp3) is 0.625. The molecule has 1 N–H and O–H groups in total. The number of hydrogen-bond donors (Lipinski definition) is 1. The molecule has 1 atom stereocenters. The van der Waals surface area contributed by atoms with Gasteiger partial charge in [0.15, 0.2) is 0 Å². The molecule has 0 aromatic heterocycles. The highest BCUT2D eigenvalue weighted by atomic mass is 32.2. The number of rotatable bonds is 7. The first kappa shape index (κ1) is 18.4. The standard InChI is InChI=1S/C16H24F3NS/c1-5-15(6-2,21-4)11-20-12(3)13-8-7-9-14(10-13)16(17,18)19/h7-10,12,20H,5-6,11H2,1-4H3. The van der Waals surface area contributed by atoms with Crippen LogP contribution >= 0.6 is 11.8 Å². The van der Waals surface area contributed by atoms with Crippen molar-refractivity contribution in [2.75, 3.05) is 12.8 Å². The highest BCUT2D eigenvalue weighted by Crippen LogP contribution is 2.32. The van der Waals surface area contributed by atoms with Gasteiger partial charge >= 0.3 is 6.18 Å². The summed E-state index contributed by atoms with van der Waals surface area (Å²) in [6.45, 7) is 7.00. The highest BCUT2D eigenvalue weighted by Gasteiger charge is 2.31. The lowest BCUT2D eigenvalue weighted by molar-refractivity contribution is -0.137. The van der Waals surface area contributed by atoms with E-state index in [1.54, 1.807) is 6.07 Å². The van der Waals surface area contributed by atoms with Crippen LogP contribution in [-0.2, 0) is 6.18 Å². The molecule has 1 nitrogen and oxygen atoms in total. The van der Waals surface area contributed by atoms with Crippen molar-refractivity contribution in [1.82, 2.24) is 5.32 Å². The Morgan fingerprint density at radius 2 is 1.81 bits per heavy atom. The first-order valence-corrected chi connectivity index (χ1v) is 8.46. The molecule has 0 heterocycles. The van der Waals surface area contributed by atoms with E-state index in [9.17, 15) is 13.2 Å². The van der Waals surface area contributed by atoms with Crippen LogP contribution in [-0.4, -0.2) is 17.5 Å². The van der Waals surface area contributed by atoms with E-state index in [0.717, 1.165) is 25.5 Å². The molecule has 120 valence electrons. The van der Waals surface area contributed by atoms with Crippen LogP contribution in [0.25, 0.3) is 0 Å². The van der Waals surface area contributed by atoms with Gasteiger partial charge in [0.2, 0.25) is 0 Å². The summed E-state index contributed by atoms with van der Waals surface area (Å²) in [4.78, 5) is 0. The van der Waals surface area contributed by atoms with Gasteiger partial charge in [0, 0.05) is 17.3 Å². The minimum absolute atomic E-state index is 0.100. The lowest BCUT2D eigenvalue weighted by atomic mass is 10.00. The molecule has 5 heteroatoms. The maximum absolute atomic E-state index is 12.7. The van der Waals surface area contributed by atoms with Gasteiger partial charge in [-0.3, -0.25) is 0 Å². The first-order valence-electron chi connectivity index (χ1n) is 7.23. The zero-order chi connectivity index (χ0) is 16.1. The van der Waals surface area contributed by atoms with Crippen molar-refractivity contribution in [3.63, 3.8) is 0 Å². The Kier molecular flexibility index (Phi) is 6.60. The quantitative estimate of drug-likeness (QED) is 0.734. The van der Waals surface area contributed by atoms with E-state index < -0.39 is 11.7 Å². The minimum atomic E-state index is -4.29. The minimum Gasteiger partial charge on any atom is -0.309 e. The van der Waals surface area contributed by atoms with Gasteiger partial charge in [-0.15, -0.1) is 0 Å². The fourth-order valence-electron chi connectivity index (χ4n) is 2.30. The van der Waals surface area contributed by atoms with Crippen LogP contribution in [0.4, 0.5) is 13.2 Å². The number of benzene rings is 1. The molecule has 0 aliphatic carbocycles. The van der Waals surface area contributed by atoms with Gasteiger partial charge in [-0.1, -0.05) is 26.0 Å². The number of halogens is 3. The lowest BCUT2D eigenvalue weighted by Gasteiger charge is -2.31. The molecule has 0 bridgehead atoms. The summed E-state index contributed by atoms with van der Waals surface area (Å²) in [6.07, 6.45) is -0.130. The summed E-state index contributed by atoms with van der Waals surface area (Å²) in [5.74, 6) is 0. The molecule has 0 saturated heterocycles. The fourth-order valence-corrected chi connectivity index (χ4v) is 3.11. The molecular weight excluding hydrogens is 295 g/mol. The van der Waals surface area contributed by atoms with E-state index in [1.165, 1.54) is 12.1 Å². The Labute approximate surface area is 129 Å². The van der Waals surface area contributed by atoms with Crippen molar-refractivity contribution in [1.29, 1.82) is 0 Å². The van der Waals surface area contributed by atoms with Gasteiger partial charge < -0.3 is 5.32 Å². The number of nitrogens with one attached hydrogen (secondary N) is 1. The Hall–Kier alpha value is -0.680. The van der Waals surface area contributed by atoms with Crippen LogP contribution in [0.3, 0.4) is 0 Å². The highest BCUT2D eigenvalue weighted by molar-refractivity contribution is 8.00. The molecule has 0 aliphatic rings. The van der Waals surface area contributed by atoms with E-state index in [0.29, 0.717) is 5.56 Å². The van der Waals surface area contributed by atoms with Crippen LogP contribution in [0.2, 0.25) is 0 Å². The smallest absolute Gasteiger partial charge is 0.309 e. The van der Waals surface area contributed by atoms with Crippen molar-refractivity contribution in [3.05, 3.63) is 35.4 Å². The van der Waals surface area contributed by atoms with E-state index in [2.05, 4.69) is 25.4 Å². The van der Waals surface area contributed by atoms with Crippen LogP contribution in [0, 0.1) is 0 Å². The zero-order valence-electron chi connectivity index (χ0n) is 13.1. The molecule has 0 saturated carbocycles. The molecule has 0 spiro atoms. The summed E-state index contributed by atoms with van der Waals surface area (Å²) in [5, 5.41) is 3.38. The van der Waals surface area contributed by atoms with E-state index in [1.807, 2.05) is 18.7 Å². The molecule has 0 amide bonds. The SMILES string of the molecule is CCC(CC)(CNC(C)c1cccc(C(F)(F)F)c1)SC. The Bertz CT molecular complexity index is 433. The van der Waals surface area contributed by atoms with Crippen LogP contribution < -0.4 is 5.32 Å². The average molecular weight is 319 g/mol. The molecule has 1 aromatic carbocycles. The number of hydrogen-bond acceptors (Lipinski definition) is 2. The summed E-state index contributed by atoms with van der Waals surface area (Å²) in [6, 6.07) is 5.46. The van der Waals surface area contributed by atoms with Crippen molar-refractivity contribution in [2.24, 2.45) is 0 Å². The number of alkyl halides is 3. The van der Waals surface area contributed by atoms with Crippen molar-refractivity contribution in [2.45, 2.75) is 50.6 Å². The third kappa shape index (κ3) is 4.92. The molecule has 1 aromatic rings. The molecule has 0 aliphatic heterocycles. The van der Waals surface area contributed by atoms with Gasteiger partial charge in [0.25, 0.3) is 0 Å². The Morgan fingerprint density at radius 3 is 2.29 bits per heavy atom. The second-order valence-corrected chi connectivity index (χ2v) is 6.59. The van der Waals surface area contributed by atoms with Gasteiger partial charge in [0.1, 0.15) is 0 Å². The predicted octanol–water partition coefficient (Wildman–Crippen LogP) is 5.28. The van der Waals surface area contributed by atoms with Crippen molar-refractivity contribution < 1.29 is 13.2 Å². The topological polar surface area (TPSA) is 12.0 Å². The van der Waals surface area contributed by atoms with Crippen LogP contribution in [0.15, 0.2) is 24.3 Å². The Balaban J connectivity index is 2.78. The molecule has 0 radical (unpaired) electrons. The average Bonchev–Trinajstić information content (AvgIpc) is 2.48. The second-order valence-electron chi connectivity index (χ2n) is 5.32. The van der Waals surface area contributed by atoms with Crippen molar-refractivity contribution >= 4 is 11.8 Å². The molecule has 0 fully saturated rings. The van der Waals surface area contributed by atoms with Gasteiger partial charge in [-0.2, -0.15) is 24.9 Å². The maximum atomic E-state index is 12.7. The monoisotopic (exact) mass is 319 g/mol. The lowest BCUT2D eigenvalue weighted by Crippen LogP contribution is -2.37. The number of thioether (sulfide) groups is 1. The Morgan fingerprint density at radius 1 is 1.19 bits per heavy atom. The van der Waals surface area contributed by atoms with Crippen LogP contribution in [0.1, 0.15) is 50.8 Å². The molecular formula is C16H24F3NS. The van der Waals surface area contributed by atoms with E-state index >= 15 is 0 Å². The van der Waals surface area contributed by atoms with Gasteiger partial charge in [-0.25, -0.2) is 0 Å². The summed E-state index contributed by atoms with van der Waals surface area (Å²) in [7, 11) is 0. The summed E-state index contributed by atoms with van der Waals surface area (Å²) < 4.78 is 38.4. The van der Waals surface area contributed by atoms with Crippen LogP contribution in [0.5, 0.6) is 0 Å². The van der Waals surface area contributed by atoms with Gasteiger partial charge in [-0.05, 0) is 43.7 Å².